The number of hydrogen-bond donors (Lipinski definition) is 1. The number of nitrogens with one attached hydrogen (secondary N) is 1. The zero-order chi connectivity index (χ0) is 18.1. The van der Waals surface area contributed by atoms with Crippen LogP contribution in [0.2, 0.25) is 0 Å². The Hall–Kier alpha value is -2.25. The van der Waals surface area contributed by atoms with Crippen molar-refractivity contribution in [2.75, 3.05) is 12.4 Å². The SMILES string of the molecule is Cc1nn(C)c(C)c1NC(=O)[C@@H](C)N(C)Cc1nc2ccccc2s1. The Labute approximate surface area is 151 Å². The fourth-order valence-electron chi connectivity index (χ4n) is 2.72. The van der Waals surface area contributed by atoms with Crippen LogP contribution in [0.25, 0.3) is 10.2 Å². The lowest BCUT2D eigenvalue weighted by Crippen LogP contribution is -2.39. The van der Waals surface area contributed by atoms with Crippen LogP contribution in [-0.2, 0) is 18.4 Å². The quantitative estimate of drug-likeness (QED) is 0.762. The second-order valence-electron chi connectivity index (χ2n) is 6.33. The number of rotatable bonds is 5. The number of anilines is 1. The zero-order valence-corrected chi connectivity index (χ0v) is 16.0. The van der Waals surface area contributed by atoms with Gasteiger partial charge in [-0.2, -0.15) is 5.10 Å². The molecule has 132 valence electrons. The average molecular weight is 357 g/mol. The van der Waals surface area contributed by atoms with Gasteiger partial charge in [0.2, 0.25) is 5.91 Å². The number of aromatic nitrogens is 3. The molecular weight excluding hydrogens is 334 g/mol. The number of para-hydroxylation sites is 1. The summed E-state index contributed by atoms with van der Waals surface area (Å²) in [5.41, 5.74) is 3.59. The van der Waals surface area contributed by atoms with Crippen LogP contribution in [0, 0.1) is 13.8 Å². The van der Waals surface area contributed by atoms with Gasteiger partial charge in [0.15, 0.2) is 0 Å². The maximum Gasteiger partial charge on any atom is 0.241 e. The van der Waals surface area contributed by atoms with Gasteiger partial charge in [-0.3, -0.25) is 14.4 Å². The molecule has 2 aromatic heterocycles. The predicted molar refractivity (Wildman–Crippen MR) is 102 cm³/mol. The highest BCUT2D eigenvalue weighted by Crippen LogP contribution is 2.23. The Morgan fingerprint density at radius 1 is 1.36 bits per heavy atom. The molecule has 3 rings (SSSR count). The van der Waals surface area contributed by atoms with Crippen LogP contribution < -0.4 is 5.32 Å². The molecule has 3 aromatic rings. The molecular formula is C18H23N5OS. The van der Waals surface area contributed by atoms with E-state index in [1.165, 1.54) is 4.70 Å². The van der Waals surface area contributed by atoms with Crippen molar-refractivity contribution in [2.45, 2.75) is 33.4 Å². The van der Waals surface area contributed by atoms with Crippen LogP contribution in [0.5, 0.6) is 0 Å². The summed E-state index contributed by atoms with van der Waals surface area (Å²) >= 11 is 1.67. The summed E-state index contributed by atoms with van der Waals surface area (Å²) in [6.45, 7) is 6.39. The van der Waals surface area contributed by atoms with E-state index in [1.807, 2.05) is 58.0 Å². The number of fused-ring (bicyclic) bond motifs is 1. The monoisotopic (exact) mass is 357 g/mol. The summed E-state index contributed by atoms with van der Waals surface area (Å²) in [5, 5.41) is 8.36. The Kier molecular flexibility index (Phi) is 4.87. The van der Waals surface area contributed by atoms with Gasteiger partial charge >= 0.3 is 0 Å². The lowest BCUT2D eigenvalue weighted by molar-refractivity contribution is -0.120. The number of aryl methyl sites for hydroxylation is 2. The van der Waals surface area contributed by atoms with Crippen molar-refractivity contribution in [1.29, 1.82) is 0 Å². The van der Waals surface area contributed by atoms with Crippen LogP contribution in [0.3, 0.4) is 0 Å². The molecule has 0 aliphatic rings. The summed E-state index contributed by atoms with van der Waals surface area (Å²) in [4.78, 5) is 19.3. The van der Waals surface area contributed by atoms with E-state index < -0.39 is 0 Å². The van der Waals surface area contributed by atoms with E-state index in [-0.39, 0.29) is 11.9 Å². The van der Waals surface area contributed by atoms with E-state index in [1.54, 1.807) is 16.0 Å². The Morgan fingerprint density at radius 3 is 2.72 bits per heavy atom. The van der Waals surface area contributed by atoms with Gasteiger partial charge in [0.25, 0.3) is 0 Å². The molecule has 7 heteroatoms. The van der Waals surface area contributed by atoms with Crippen molar-refractivity contribution in [3.8, 4) is 0 Å². The summed E-state index contributed by atoms with van der Waals surface area (Å²) in [6, 6.07) is 7.82. The van der Waals surface area contributed by atoms with Crippen LogP contribution >= 0.6 is 11.3 Å². The van der Waals surface area contributed by atoms with E-state index in [2.05, 4.69) is 21.5 Å². The predicted octanol–water partition coefficient (Wildman–Crippen LogP) is 3.11. The molecule has 1 atom stereocenters. The lowest BCUT2D eigenvalue weighted by Gasteiger charge is -2.22. The smallest absolute Gasteiger partial charge is 0.241 e. The number of hydrogen-bond acceptors (Lipinski definition) is 5. The largest absolute Gasteiger partial charge is 0.322 e. The molecule has 0 aliphatic heterocycles. The highest BCUT2D eigenvalue weighted by molar-refractivity contribution is 7.18. The molecule has 0 radical (unpaired) electrons. The molecule has 6 nitrogen and oxygen atoms in total. The first-order valence-electron chi connectivity index (χ1n) is 8.22. The standard InChI is InChI=1S/C18H23N5OS/c1-11-17(12(2)23(5)21-11)20-18(24)13(3)22(4)10-16-19-14-8-6-7-9-15(14)25-16/h6-9,13H,10H2,1-5H3,(H,20,24)/t13-/m1/s1. The van der Waals surface area contributed by atoms with Crippen LogP contribution in [0.4, 0.5) is 5.69 Å². The maximum atomic E-state index is 12.6. The average Bonchev–Trinajstić information content (AvgIpc) is 3.09. The fourth-order valence-corrected chi connectivity index (χ4v) is 3.75. The summed E-state index contributed by atoms with van der Waals surface area (Å²) in [7, 11) is 3.82. The van der Waals surface area contributed by atoms with E-state index in [0.717, 1.165) is 27.6 Å². The van der Waals surface area contributed by atoms with Gasteiger partial charge < -0.3 is 5.32 Å². The number of nitrogens with zero attached hydrogens (tertiary/aromatic N) is 4. The number of amides is 1. The van der Waals surface area contributed by atoms with Crippen LogP contribution in [0.1, 0.15) is 23.3 Å². The topological polar surface area (TPSA) is 63.1 Å². The molecule has 0 saturated carbocycles. The molecule has 25 heavy (non-hydrogen) atoms. The molecule has 0 unspecified atom stereocenters. The molecule has 1 aromatic carbocycles. The van der Waals surface area contributed by atoms with E-state index >= 15 is 0 Å². The molecule has 0 fully saturated rings. The van der Waals surface area contributed by atoms with Crippen molar-refractivity contribution in [3.63, 3.8) is 0 Å². The Bertz CT molecular complexity index is 880. The summed E-state index contributed by atoms with van der Waals surface area (Å²) in [5.74, 6) is -0.0391. The molecule has 0 aliphatic carbocycles. The van der Waals surface area contributed by atoms with E-state index in [4.69, 9.17) is 0 Å². The minimum atomic E-state index is -0.272. The molecule has 0 spiro atoms. The van der Waals surface area contributed by atoms with Gasteiger partial charge in [-0.25, -0.2) is 4.98 Å². The van der Waals surface area contributed by atoms with Gasteiger partial charge in [0.1, 0.15) is 5.01 Å². The number of thiazole rings is 1. The van der Waals surface area contributed by atoms with E-state index in [0.29, 0.717) is 6.54 Å². The summed E-state index contributed by atoms with van der Waals surface area (Å²) < 4.78 is 2.95. The third-order valence-electron chi connectivity index (χ3n) is 4.52. The normalized spacial score (nSPS) is 12.7. The van der Waals surface area contributed by atoms with Crippen LogP contribution in [0.15, 0.2) is 24.3 Å². The minimum absolute atomic E-state index is 0.0391. The van der Waals surface area contributed by atoms with Crippen LogP contribution in [-0.4, -0.2) is 38.7 Å². The fraction of sp³-hybridized carbons (Fsp3) is 0.389. The third kappa shape index (κ3) is 3.57. The maximum absolute atomic E-state index is 12.6. The number of carbonyl (C=O) groups is 1. The second kappa shape index (κ2) is 6.93. The lowest BCUT2D eigenvalue weighted by atomic mass is 10.2. The van der Waals surface area contributed by atoms with Gasteiger partial charge in [0.05, 0.1) is 39.9 Å². The molecule has 1 amide bonds. The van der Waals surface area contributed by atoms with Crippen molar-refractivity contribution in [1.82, 2.24) is 19.7 Å². The number of benzene rings is 1. The molecule has 1 N–H and O–H groups in total. The number of carbonyl (C=O) groups excluding carboxylic acids is 1. The third-order valence-corrected chi connectivity index (χ3v) is 5.54. The molecule has 0 bridgehead atoms. The molecule has 2 heterocycles. The molecule has 0 saturated heterocycles. The van der Waals surface area contributed by atoms with Gasteiger partial charge in [-0.1, -0.05) is 12.1 Å². The van der Waals surface area contributed by atoms with Crippen molar-refractivity contribution >= 4 is 33.1 Å². The second-order valence-corrected chi connectivity index (χ2v) is 7.44. The Morgan fingerprint density at radius 2 is 2.08 bits per heavy atom. The van der Waals surface area contributed by atoms with Crippen molar-refractivity contribution < 1.29 is 4.79 Å². The first-order chi connectivity index (χ1) is 11.9. The van der Waals surface area contributed by atoms with E-state index in [9.17, 15) is 4.79 Å². The van der Waals surface area contributed by atoms with Gasteiger partial charge in [-0.15, -0.1) is 11.3 Å². The first-order valence-corrected chi connectivity index (χ1v) is 9.04. The highest BCUT2D eigenvalue weighted by atomic mass is 32.1. The Balaban J connectivity index is 1.68. The highest BCUT2D eigenvalue weighted by Gasteiger charge is 2.21. The first kappa shape index (κ1) is 17.6. The zero-order valence-electron chi connectivity index (χ0n) is 15.2. The minimum Gasteiger partial charge on any atom is -0.322 e. The van der Waals surface area contributed by atoms with Gasteiger partial charge in [0, 0.05) is 7.05 Å². The van der Waals surface area contributed by atoms with Crippen molar-refractivity contribution in [2.24, 2.45) is 7.05 Å². The number of likely N-dealkylation sites (N-methyl/N-ethyl adjacent to an activating group) is 1. The van der Waals surface area contributed by atoms with Gasteiger partial charge in [-0.05, 0) is 40.0 Å². The van der Waals surface area contributed by atoms with Crippen molar-refractivity contribution in [3.05, 3.63) is 40.7 Å². The summed E-state index contributed by atoms with van der Waals surface area (Å²) in [6.07, 6.45) is 0.